The second-order valence-electron chi connectivity index (χ2n) is 7.01. The maximum atomic E-state index is 12.5. The number of benzene rings is 1. The van der Waals surface area contributed by atoms with Crippen LogP contribution in [0.3, 0.4) is 0 Å². The van der Waals surface area contributed by atoms with Crippen molar-refractivity contribution in [1.82, 2.24) is 10.2 Å². The Labute approximate surface area is 143 Å². The molecule has 130 valence electrons. The van der Waals surface area contributed by atoms with Crippen LogP contribution in [0.15, 0.2) is 24.3 Å². The van der Waals surface area contributed by atoms with E-state index in [4.69, 9.17) is 0 Å². The number of rotatable bonds is 4. The largest absolute Gasteiger partial charge is 0.507 e. The van der Waals surface area contributed by atoms with Crippen molar-refractivity contribution >= 4 is 11.8 Å². The van der Waals surface area contributed by atoms with Gasteiger partial charge in [-0.3, -0.25) is 9.59 Å². The summed E-state index contributed by atoms with van der Waals surface area (Å²) in [6.45, 7) is 1.23. The highest BCUT2D eigenvalue weighted by atomic mass is 16.3. The Kier molecular flexibility index (Phi) is 5.38. The maximum absolute atomic E-state index is 12.5. The van der Waals surface area contributed by atoms with Gasteiger partial charge in [-0.2, -0.15) is 0 Å². The van der Waals surface area contributed by atoms with Crippen LogP contribution in [0.25, 0.3) is 0 Å². The number of likely N-dealkylation sites (tertiary alicyclic amines) is 1. The molecule has 2 N–H and O–H groups in total. The van der Waals surface area contributed by atoms with Crippen molar-refractivity contribution in [2.75, 3.05) is 13.1 Å². The van der Waals surface area contributed by atoms with Crippen molar-refractivity contribution < 1.29 is 14.7 Å². The second-order valence-corrected chi connectivity index (χ2v) is 7.01. The normalized spacial score (nSPS) is 19.4. The van der Waals surface area contributed by atoms with Crippen molar-refractivity contribution in [1.29, 1.82) is 0 Å². The molecule has 1 saturated heterocycles. The lowest BCUT2D eigenvalue weighted by molar-refractivity contribution is -0.122. The van der Waals surface area contributed by atoms with Crippen LogP contribution in [0.2, 0.25) is 0 Å². The Morgan fingerprint density at radius 2 is 1.75 bits per heavy atom. The number of phenols is 1. The number of phenolic OH excluding ortho intramolecular Hbond substituents is 1. The van der Waals surface area contributed by atoms with Gasteiger partial charge in [-0.05, 0) is 43.7 Å². The van der Waals surface area contributed by atoms with Gasteiger partial charge in [0.15, 0.2) is 0 Å². The van der Waals surface area contributed by atoms with E-state index < -0.39 is 0 Å². The molecule has 0 radical (unpaired) electrons. The molecule has 1 saturated carbocycles. The van der Waals surface area contributed by atoms with E-state index in [1.54, 1.807) is 23.1 Å². The standard InChI is InChI=1S/C19H26N2O3/c22-17-8-4-3-7-16(17)19(24)21-11-9-15(10-12-21)20-18(23)13-14-5-1-2-6-14/h3-4,7-8,14-15,22H,1-2,5-6,9-13H2,(H,20,23). The predicted molar refractivity (Wildman–Crippen MR) is 91.8 cm³/mol. The van der Waals surface area contributed by atoms with Gasteiger partial charge in [0.1, 0.15) is 5.75 Å². The number of piperidine rings is 1. The van der Waals surface area contributed by atoms with Gasteiger partial charge in [0.25, 0.3) is 5.91 Å². The van der Waals surface area contributed by atoms with Gasteiger partial charge in [-0.25, -0.2) is 0 Å². The van der Waals surface area contributed by atoms with E-state index in [0.29, 0.717) is 31.0 Å². The smallest absolute Gasteiger partial charge is 0.257 e. The lowest BCUT2D eigenvalue weighted by Gasteiger charge is -2.32. The first-order chi connectivity index (χ1) is 11.6. The highest BCUT2D eigenvalue weighted by molar-refractivity contribution is 5.96. The topological polar surface area (TPSA) is 69.6 Å². The van der Waals surface area contributed by atoms with E-state index in [9.17, 15) is 14.7 Å². The first kappa shape index (κ1) is 16.8. The fourth-order valence-corrected chi connectivity index (χ4v) is 3.82. The Morgan fingerprint density at radius 1 is 1.08 bits per heavy atom. The third-order valence-electron chi connectivity index (χ3n) is 5.23. The molecule has 1 aromatic carbocycles. The molecule has 1 heterocycles. The number of nitrogens with one attached hydrogen (secondary N) is 1. The van der Waals surface area contributed by atoms with Crippen LogP contribution in [0.5, 0.6) is 5.75 Å². The molecule has 1 aliphatic carbocycles. The van der Waals surface area contributed by atoms with E-state index >= 15 is 0 Å². The summed E-state index contributed by atoms with van der Waals surface area (Å²) in [6, 6.07) is 6.80. The number of carbonyl (C=O) groups is 2. The average Bonchev–Trinajstić information content (AvgIpc) is 3.08. The van der Waals surface area contributed by atoms with Crippen molar-refractivity contribution in [2.24, 2.45) is 5.92 Å². The van der Waals surface area contributed by atoms with Gasteiger partial charge in [0.2, 0.25) is 5.91 Å². The highest BCUT2D eigenvalue weighted by Gasteiger charge is 2.26. The molecule has 2 aliphatic rings. The van der Waals surface area contributed by atoms with Crippen LogP contribution in [0.1, 0.15) is 55.3 Å². The summed E-state index contributed by atoms with van der Waals surface area (Å²) >= 11 is 0. The first-order valence-electron chi connectivity index (χ1n) is 9.00. The van der Waals surface area contributed by atoms with E-state index in [1.807, 2.05) is 0 Å². The number of nitrogens with zero attached hydrogens (tertiary/aromatic N) is 1. The number of amides is 2. The third kappa shape index (κ3) is 4.08. The quantitative estimate of drug-likeness (QED) is 0.892. The Hall–Kier alpha value is -2.04. The van der Waals surface area contributed by atoms with Crippen molar-refractivity contribution in [2.45, 2.75) is 51.0 Å². The number of aromatic hydroxyl groups is 1. The molecule has 1 aliphatic heterocycles. The molecule has 5 nitrogen and oxygen atoms in total. The number of para-hydroxylation sites is 1. The number of carbonyl (C=O) groups excluding carboxylic acids is 2. The average molecular weight is 330 g/mol. The minimum Gasteiger partial charge on any atom is -0.507 e. The van der Waals surface area contributed by atoms with Gasteiger partial charge >= 0.3 is 0 Å². The van der Waals surface area contributed by atoms with Crippen LogP contribution in [0, 0.1) is 5.92 Å². The number of hydrogen-bond acceptors (Lipinski definition) is 3. The van der Waals surface area contributed by atoms with Crippen LogP contribution < -0.4 is 5.32 Å². The van der Waals surface area contributed by atoms with E-state index in [2.05, 4.69) is 5.32 Å². The summed E-state index contributed by atoms with van der Waals surface area (Å²) in [6.07, 6.45) is 7.07. The molecule has 0 aromatic heterocycles. The molecule has 5 heteroatoms. The van der Waals surface area contributed by atoms with Gasteiger partial charge in [-0.15, -0.1) is 0 Å². The molecule has 2 amide bonds. The molecule has 3 rings (SSSR count). The summed E-state index contributed by atoms with van der Waals surface area (Å²) in [7, 11) is 0. The fraction of sp³-hybridized carbons (Fsp3) is 0.579. The SMILES string of the molecule is O=C(CC1CCCC1)NC1CCN(C(=O)c2ccccc2O)CC1. The predicted octanol–water partition coefficient (Wildman–Crippen LogP) is 2.69. The molecular formula is C19H26N2O3. The lowest BCUT2D eigenvalue weighted by Crippen LogP contribution is -2.46. The first-order valence-corrected chi connectivity index (χ1v) is 9.00. The minimum absolute atomic E-state index is 0.0227. The van der Waals surface area contributed by atoms with E-state index in [1.165, 1.54) is 31.7 Å². The van der Waals surface area contributed by atoms with Crippen LogP contribution in [0.4, 0.5) is 0 Å². The van der Waals surface area contributed by atoms with Crippen LogP contribution in [-0.2, 0) is 4.79 Å². The fourth-order valence-electron chi connectivity index (χ4n) is 3.82. The second kappa shape index (κ2) is 7.69. The monoisotopic (exact) mass is 330 g/mol. The van der Waals surface area contributed by atoms with E-state index in [-0.39, 0.29) is 23.6 Å². The highest BCUT2D eigenvalue weighted by Crippen LogP contribution is 2.27. The molecular weight excluding hydrogens is 304 g/mol. The summed E-state index contributed by atoms with van der Waals surface area (Å²) in [5.41, 5.74) is 0.348. The van der Waals surface area contributed by atoms with Gasteiger partial charge in [0, 0.05) is 25.6 Å². The molecule has 2 fully saturated rings. The summed E-state index contributed by atoms with van der Waals surface area (Å²) < 4.78 is 0. The zero-order chi connectivity index (χ0) is 16.9. The maximum Gasteiger partial charge on any atom is 0.257 e. The summed E-state index contributed by atoms with van der Waals surface area (Å²) in [5.74, 6) is 0.610. The zero-order valence-electron chi connectivity index (χ0n) is 14.0. The zero-order valence-corrected chi connectivity index (χ0v) is 14.0. The van der Waals surface area contributed by atoms with Crippen LogP contribution >= 0.6 is 0 Å². The molecule has 0 atom stereocenters. The third-order valence-corrected chi connectivity index (χ3v) is 5.23. The van der Waals surface area contributed by atoms with Gasteiger partial charge in [-0.1, -0.05) is 25.0 Å². The minimum atomic E-state index is -0.135. The van der Waals surface area contributed by atoms with Crippen LogP contribution in [-0.4, -0.2) is 41.0 Å². The molecule has 0 bridgehead atoms. The Balaban J connectivity index is 1.46. The van der Waals surface area contributed by atoms with Crippen molar-refractivity contribution in [3.8, 4) is 5.75 Å². The number of hydrogen-bond donors (Lipinski definition) is 2. The molecule has 24 heavy (non-hydrogen) atoms. The summed E-state index contributed by atoms with van der Waals surface area (Å²) in [5, 5.41) is 12.9. The Bertz CT molecular complexity index is 588. The Morgan fingerprint density at radius 3 is 2.42 bits per heavy atom. The van der Waals surface area contributed by atoms with E-state index in [0.717, 1.165) is 12.8 Å². The molecule has 0 unspecified atom stereocenters. The summed E-state index contributed by atoms with van der Waals surface area (Å²) in [4.78, 5) is 26.3. The lowest BCUT2D eigenvalue weighted by atomic mass is 10.0. The molecule has 0 spiro atoms. The van der Waals surface area contributed by atoms with Crippen molar-refractivity contribution in [3.63, 3.8) is 0 Å². The van der Waals surface area contributed by atoms with Crippen molar-refractivity contribution in [3.05, 3.63) is 29.8 Å². The van der Waals surface area contributed by atoms with Gasteiger partial charge in [0.05, 0.1) is 5.56 Å². The van der Waals surface area contributed by atoms with Gasteiger partial charge < -0.3 is 15.3 Å². The molecule has 1 aromatic rings.